The standard InChI is InChI=1S/C21H21N3O2/c25-17-11-13-24(14-12-17)21(26)16-8-5-15(6-9-16)7-10-20-18-3-1-2-4-19(18)22-23-20/h1-10,17,25H,11-14H2,(H,22,23)/b10-7+. The molecule has 0 bridgehead atoms. The second-order valence-electron chi connectivity index (χ2n) is 6.63. The number of likely N-dealkylation sites (tertiary alicyclic amines) is 1. The summed E-state index contributed by atoms with van der Waals surface area (Å²) in [5.41, 5.74) is 3.61. The Labute approximate surface area is 152 Å². The summed E-state index contributed by atoms with van der Waals surface area (Å²) in [6, 6.07) is 15.6. The number of carbonyl (C=O) groups is 1. The Kier molecular flexibility index (Phi) is 4.54. The van der Waals surface area contributed by atoms with Crippen LogP contribution in [0.25, 0.3) is 23.1 Å². The van der Waals surface area contributed by atoms with Gasteiger partial charge >= 0.3 is 0 Å². The molecule has 1 fully saturated rings. The van der Waals surface area contributed by atoms with E-state index in [-0.39, 0.29) is 12.0 Å². The van der Waals surface area contributed by atoms with Gasteiger partial charge in [-0.15, -0.1) is 0 Å². The first-order chi connectivity index (χ1) is 12.7. The van der Waals surface area contributed by atoms with Crippen LogP contribution >= 0.6 is 0 Å². The van der Waals surface area contributed by atoms with Crippen LogP contribution in [0.15, 0.2) is 48.5 Å². The summed E-state index contributed by atoms with van der Waals surface area (Å²) in [5.74, 6) is 0.0331. The molecule has 5 heteroatoms. The molecule has 0 radical (unpaired) electrons. The van der Waals surface area contributed by atoms with Gasteiger partial charge in [-0.05, 0) is 42.7 Å². The Morgan fingerprint density at radius 2 is 1.81 bits per heavy atom. The third kappa shape index (κ3) is 3.39. The molecule has 1 aliphatic heterocycles. The Balaban J connectivity index is 1.46. The quantitative estimate of drug-likeness (QED) is 0.763. The average Bonchev–Trinajstić information content (AvgIpc) is 3.10. The smallest absolute Gasteiger partial charge is 0.253 e. The first-order valence-electron chi connectivity index (χ1n) is 8.89. The lowest BCUT2D eigenvalue weighted by molar-refractivity contribution is 0.0546. The van der Waals surface area contributed by atoms with Crippen LogP contribution in [0.3, 0.4) is 0 Å². The molecule has 2 N–H and O–H groups in total. The summed E-state index contributed by atoms with van der Waals surface area (Å²) in [4.78, 5) is 14.3. The van der Waals surface area contributed by atoms with E-state index in [0.717, 1.165) is 22.2 Å². The van der Waals surface area contributed by atoms with Crippen LogP contribution in [0.4, 0.5) is 0 Å². The molecule has 2 aromatic carbocycles. The van der Waals surface area contributed by atoms with Crippen LogP contribution in [-0.2, 0) is 0 Å². The number of fused-ring (bicyclic) bond motifs is 1. The lowest BCUT2D eigenvalue weighted by Crippen LogP contribution is -2.40. The number of hydrogen-bond acceptors (Lipinski definition) is 3. The fourth-order valence-corrected chi connectivity index (χ4v) is 3.28. The molecule has 0 saturated carbocycles. The Morgan fingerprint density at radius 1 is 1.08 bits per heavy atom. The highest BCUT2D eigenvalue weighted by Crippen LogP contribution is 2.18. The Bertz CT molecular complexity index is 935. The van der Waals surface area contributed by atoms with Crippen molar-refractivity contribution >= 4 is 29.0 Å². The molecule has 1 aromatic heterocycles. The first kappa shape index (κ1) is 16.5. The molecule has 3 aromatic rings. The summed E-state index contributed by atoms with van der Waals surface area (Å²) in [5, 5.41) is 18.0. The third-order valence-electron chi connectivity index (χ3n) is 4.84. The van der Waals surface area contributed by atoms with Gasteiger partial charge in [0.25, 0.3) is 5.91 Å². The lowest BCUT2D eigenvalue weighted by atomic mass is 10.1. The average molecular weight is 347 g/mol. The number of para-hydroxylation sites is 1. The highest BCUT2D eigenvalue weighted by molar-refractivity contribution is 5.95. The van der Waals surface area contributed by atoms with Gasteiger partial charge in [0.05, 0.1) is 17.3 Å². The highest BCUT2D eigenvalue weighted by atomic mass is 16.3. The number of H-pyrrole nitrogens is 1. The maximum atomic E-state index is 12.5. The molecule has 1 amide bonds. The predicted molar refractivity (Wildman–Crippen MR) is 103 cm³/mol. The van der Waals surface area contributed by atoms with Crippen LogP contribution < -0.4 is 0 Å². The molecule has 2 heterocycles. The number of piperidine rings is 1. The molecule has 0 unspecified atom stereocenters. The fourth-order valence-electron chi connectivity index (χ4n) is 3.28. The molecule has 4 rings (SSSR count). The third-order valence-corrected chi connectivity index (χ3v) is 4.84. The van der Waals surface area contributed by atoms with E-state index < -0.39 is 0 Å². The molecule has 1 saturated heterocycles. The second-order valence-corrected chi connectivity index (χ2v) is 6.63. The summed E-state index contributed by atoms with van der Waals surface area (Å²) < 4.78 is 0. The number of aromatic nitrogens is 2. The SMILES string of the molecule is O=C(c1ccc(/C=C/c2n[nH]c3ccccc23)cc1)N1CCC(O)CC1. The fraction of sp³-hybridized carbons (Fsp3) is 0.238. The van der Waals surface area contributed by atoms with Crippen LogP contribution in [-0.4, -0.2) is 45.3 Å². The van der Waals surface area contributed by atoms with Crippen molar-refractivity contribution in [3.05, 3.63) is 65.4 Å². The van der Waals surface area contributed by atoms with E-state index in [1.807, 2.05) is 65.6 Å². The number of nitrogens with zero attached hydrogens (tertiary/aromatic N) is 2. The van der Waals surface area contributed by atoms with Crippen molar-refractivity contribution in [2.45, 2.75) is 18.9 Å². The van der Waals surface area contributed by atoms with E-state index in [0.29, 0.717) is 31.5 Å². The van der Waals surface area contributed by atoms with Crippen LogP contribution in [0.1, 0.15) is 34.5 Å². The Hall–Kier alpha value is -2.92. The zero-order valence-corrected chi connectivity index (χ0v) is 14.4. The number of amides is 1. The van der Waals surface area contributed by atoms with Crippen molar-refractivity contribution in [1.82, 2.24) is 15.1 Å². The van der Waals surface area contributed by atoms with Gasteiger partial charge in [0.2, 0.25) is 0 Å². The van der Waals surface area contributed by atoms with Gasteiger partial charge in [0.1, 0.15) is 0 Å². The zero-order chi connectivity index (χ0) is 17.9. The van der Waals surface area contributed by atoms with Gasteiger partial charge in [-0.2, -0.15) is 5.10 Å². The molecule has 0 atom stereocenters. The highest BCUT2D eigenvalue weighted by Gasteiger charge is 2.22. The van der Waals surface area contributed by atoms with Gasteiger partial charge in [0, 0.05) is 24.0 Å². The maximum absolute atomic E-state index is 12.5. The van der Waals surface area contributed by atoms with Gasteiger partial charge < -0.3 is 10.0 Å². The molecular formula is C21H21N3O2. The first-order valence-corrected chi connectivity index (χ1v) is 8.89. The molecule has 1 aliphatic rings. The van der Waals surface area contributed by atoms with E-state index in [1.165, 1.54) is 0 Å². The van der Waals surface area contributed by atoms with E-state index in [2.05, 4.69) is 10.2 Å². The number of aromatic amines is 1. The molecular weight excluding hydrogens is 326 g/mol. The van der Waals surface area contributed by atoms with Crippen LogP contribution in [0.2, 0.25) is 0 Å². The Morgan fingerprint density at radius 3 is 2.58 bits per heavy atom. The number of rotatable bonds is 3. The maximum Gasteiger partial charge on any atom is 0.253 e. The number of aliphatic hydroxyl groups is 1. The topological polar surface area (TPSA) is 69.2 Å². The summed E-state index contributed by atoms with van der Waals surface area (Å²) in [6.07, 6.45) is 5.01. The predicted octanol–water partition coefficient (Wildman–Crippen LogP) is 3.33. The van der Waals surface area contributed by atoms with E-state index >= 15 is 0 Å². The minimum absolute atomic E-state index is 0.0331. The van der Waals surface area contributed by atoms with Crippen molar-refractivity contribution in [3.63, 3.8) is 0 Å². The second kappa shape index (κ2) is 7.14. The summed E-state index contributed by atoms with van der Waals surface area (Å²) in [7, 11) is 0. The monoisotopic (exact) mass is 347 g/mol. The number of nitrogens with one attached hydrogen (secondary N) is 1. The van der Waals surface area contributed by atoms with Crippen molar-refractivity contribution in [2.24, 2.45) is 0 Å². The normalized spacial score (nSPS) is 15.8. The number of aliphatic hydroxyl groups excluding tert-OH is 1. The van der Waals surface area contributed by atoms with Crippen molar-refractivity contribution < 1.29 is 9.90 Å². The molecule has 0 spiro atoms. The van der Waals surface area contributed by atoms with E-state index in [9.17, 15) is 9.90 Å². The minimum Gasteiger partial charge on any atom is -0.393 e. The summed E-state index contributed by atoms with van der Waals surface area (Å²) in [6.45, 7) is 1.24. The van der Waals surface area contributed by atoms with Crippen molar-refractivity contribution in [2.75, 3.05) is 13.1 Å². The summed E-state index contributed by atoms with van der Waals surface area (Å²) >= 11 is 0. The van der Waals surface area contributed by atoms with Gasteiger partial charge in [-0.1, -0.05) is 36.4 Å². The van der Waals surface area contributed by atoms with Crippen LogP contribution in [0.5, 0.6) is 0 Å². The minimum atomic E-state index is -0.273. The zero-order valence-electron chi connectivity index (χ0n) is 14.4. The number of benzene rings is 2. The van der Waals surface area contributed by atoms with Gasteiger partial charge in [0.15, 0.2) is 0 Å². The molecule has 5 nitrogen and oxygen atoms in total. The lowest BCUT2D eigenvalue weighted by Gasteiger charge is -2.29. The van der Waals surface area contributed by atoms with Crippen molar-refractivity contribution in [3.8, 4) is 0 Å². The largest absolute Gasteiger partial charge is 0.393 e. The van der Waals surface area contributed by atoms with Crippen LogP contribution in [0, 0.1) is 0 Å². The van der Waals surface area contributed by atoms with E-state index in [1.54, 1.807) is 0 Å². The number of hydrogen-bond donors (Lipinski definition) is 2. The van der Waals surface area contributed by atoms with Gasteiger partial charge in [-0.25, -0.2) is 0 Å². The molecule has 0 aliphatic carbocycles. The van der Waals surface area contributed by atoms with Gasteiger partial charge in [-0.3, -0.25) is 9.89 Å². The van der Waals surface area contributed by atoms with Crippen molar-refractivity contribution in [1.29, 1.82) is 0 Å². The number of carbonyl (C=O) groups excluding carboxylic acids is 1. The van der Waals surface area contributed by atoms with E-state index in [4.69, 9.17) is 0 Å². The molecule has 26 heavy (non-hydrogen) atoms. The molecule has 132 valence electrons.